The van der Waals surface area contributed by atoms with Gasteiger partial charge in [-0.2, -0.15) is 0 Å². The Morgan fingerprint density at radius 3 is 1.86 bits per heavy atom. The van der Waals surface area contributed by atoms with Crippen LogP contribution < -0.4 is 5.32 Å². The Labute approximate surface area is 140 Å². The number of hydrogen-bond donors (Lipinski definition) is 1. The molecule has 134 valence electrons. The normalized spacial score (nSPS) is 17.1. The van der Waals surface area contributed by atoms with Crippen molar-refractivity contribution in [2.75, 3.05) is 32.7 Å². The standard InChI is InChI=1S/C19H42NOP/c1-17(2,3)12-13-19(6,15-21)20-14-10-11-18(4,5)16-22(7,8)9/h15,20,22H,10-14,16H2,1-9H3. The first-order valence-corrected chi connectivity index (χ1v) is 12.6. The van der Waals surface area contributed by atoms with Gasteiger partial charge in [0.2, 0.25) is 0 Å². The molecule has 0 aromatic heterocycles. The van der Waals surface area contributed by atoms with Crippen LogP contribution in [0.25, 0.3) is 0 Å². The van der Waals surface area contributed by atoms with E-state index in [9.17, 15) is 4.79 Å². The van der Waals surface area contributed by atoms with Gasteiger partial charge in [0.25, 0.3) is 0 Å². The van der Waals surface area contributed by atoms with Gasteiger partial charge in [0, 0.05) is 0 Å². The van der Waals surface area contributed by atoms with Gasteiger partial charge in [0.15, 0.2) is 0 Å². The molecule has 0 fully saturated rings. The molecule has 2 nitrogen and oxygen atoms in total. The molecule has 0 saturated heterocycles. The van der Waals surface area contributed by atoms with Crippen molar-refractivity contribution in [2.24, 2.45) is 10.8 Å². The van der Waals surface area contributed by atoms with Crippen LogP contribution >= 0.6 is 7.26 Å². The van der Waals surface area contributed by atoms with Crippen molar-refractivity contribution >= 4 is 13.5 Å². The molecule has 3 heteroatoms. The predicted octanol–water partition coefficient (Wildman–Crippen LogP) is 4.81. The molecule has 0 aliphatic heterocycles. The third-order valence-electron chi connectivity index (χ3n) is 4.22. The van der Waals surface area contributed by atoms with Gasteiger partial charge < -0.3 is 0 Å². The summed E-state index contributed by atoms with van der Waals surface area (Å²) in [6, 6.07) is 0. The minimum atomic E-state index is -1.01. The molecule has 1 N–H and O–H groups in total. The summed E-state index contributed by atoms with van der Waals surface area (Å²) >= 11 is 0. The van der Waals surface area contributed by atoms with Gasteiger partial charge in [-0.25, -0.2) is 0 Å². The summed E-state index contributed by atoms with van der Waals surface area (Å²) in [4.78, 5) is 11.5. The van der Waals surface area contributed by atoms with Crippen LogP contribution in [0.4, 0.5) is 0 Å². The Hall–Kier alpha value is 0.0600. The van der Waals surface area contributed by atoms with Gasteiger partial charge in [-0.05, 0) is 0 Å². The van der Waals surface area contributed by atoms with Crippen molar-refractivity contribution in [3.05, 3.63) is 0 Å². The molecule has 0 aliphatic rings. The van der Waals surface area contributed by atoms with Crippen LogP contribution in [-0.2, 0) is 4.79 Å². The van der Waals surface area contributed by atoms with Gasteiger partial charge in [-0.3, -0.25) is 0 Å². The van der Waals surface area contributed by atoms with Crippen molar-refractivity contribution in [2.45, 2.75) is 72.8 Å². The van der Waals surface area contributed by atoms with E-state index in [4.69, 9.17) is 0 Å². The average molecular weight is 332 g/mol. The maximum atomic E-state index is 11.5. The van der Waals surface area contributed by atoms with Crippen LogP contribution in [0.5, 0.6) is 0 Å². The van der Waals surface area contributed by atoms with Gasteiger partial charge >= 0.3 is 140 Å². The fraction of sp³-hybridized carbons (Fsp3) is 0.947. The molecule has 1 atom stereocenters. The van der Waals surface area contributed by atoms with Gasteiger partial charge in [-0.15, -0.1) is 0 Å². The Balaban J connectivity index is 4.23. The first-order chi connectivity index (χ1) is 9.68. The topological polar surface area (TPSA) is 29.1 Å². The van der Waals surface area contributed by atoms with Crippen LogP contribution in [0.1, 0.15) is 67.2 Å². The second kappa shape index (κ2) is 8.25. The van der Waals surface area contributed by atoms with E-state index in [0.29, 0.717) is 5.41 Å². The average Bonchev–Trinajstić information content (AvgIpc) is 2.28. The summed E-state index contributed by atoms with van der Waals surface area (Å²) in [5.41, 5.74) is 0.344. The third-order valence-corrected chi connectivity index (χ3v) is 6.24. The van der Waals surface area contributed by atoms with Crippen LogP contribution in [-0.4, -0.2) is 44.5 Å². The van der Waals surface area contributed by atoms with Gasteiger partial charge in [0.05, 0.1) is 0 Å². The fourth-order valence-electron chi connectivity index (χ4n) is 3.29. The molecule has 0 radical (unpaired) electrons. The summed E-state index contributed by atoms with van der Waals surface area (Å²) in [6.45, 7) is 21.8. The quantitative estimate of drug-likeness (QED) is 0.354. The van der Waals surface area contributed by atoms with E-state index in [2.05, 4.69) is 59.9 Å². The molecule has 0 aromatic carbocycles. The number of carbonyl (C=O) groups excluding carboxylic acids is 1. The van der Waals surface area contributed by atoms with E-state index in [-0.39, 0.29) is 11.0 Å². The minimum absolute atomic E-state index is 0.283. The Kier molecular flexibility index (Phi) is 8.27. The maximum absolute atomic E-state index is 11.5. The van der Waals surface area contributed by atoms with Crippen molar-refractivity contribution in [3.8, 4) is 0 Å². The number of rotatable bonds is 10. The van der Waals surface area contributed by atoms with Crippen LogP contribution in [0.3, 0.4) is 0 Å². The molecule has 0 heterocycles. The van der Waals surface area contributed by atoms with Crippen LogP contribution in [0.15, 0.2) is 0 Å². The molecule has 0 amide bonds. The predicted molar refractivity (Wildman–Crippen MR) is 105 cm³/mol. The van der Waals surface area contributed by atoms with Gasteiger partial charge in [-0.1, -0.05) is 0 Å². The van der Waals surface area contributed by atoms with E-state index >= 15 is 0 Å². The van der Waals surface area contributed by atoms with Crippen molar-refractivity contribution in [3.63, 3.8) is 0 Å². The Morgan fingerprint density at radius 2 is 1.45 bits per heavy atom. The summed E-state index contributed by atoms with van der Waals surface area (Å²) < 4.78 is 0. The van der Waals surface area contributed by atoms with Crippen molar-refractivity contribution in [1.29, 1.82) is 0 Å². The molecule has 0 rings (SSSR count). The zero-order valence-corrected chi connectivity index (χ0v) is 17.7. The molecule has 1 unspecified atom stereocenters. The third kappa shape index (κ3) is 11.6. The first-order valence-electron chi connectivity index (χ1n) is 8.90. The number of aldehydes is 1. The van der Waals surface area contributed by atoms with E-state index in [1.54, 1.807) is 0 Å². The summed E-state index contributed by atoms with van der Waals surface area (Å²) in [6.07, 6.45) is 6.84. The molecule has 22 heavy (non-hydrogen) atoms. The second-order valence-electron chi connectivity index (χ2n) is 10.5. The molecular weight excluding hydrogens is 289 g/mol. The monoisotopic (exact) mass is 331 g/mol. The molecule has 0 aromatic rings. The molecule has 0 bridgehead atoms. The number of carbonyl (C=O) groups is 1. The SMILES string of the molecule is CC(C)(C)CCC(C)(C=O)NCCCC(C)(C)C[PH](C)(C)C. The number of nitrogens with one attached hydrogen (secondary N) is 1. The fourth-order valence-corrected chi connectivity index (χ4v) is 6.34. The Morgan fingerprint density at radius 1 is 0.909 bits per heavy atom. The molecule has 0 spiro atoms. The van der Waals surface area contributed by atoms with Crippen molar-refractivity contribution < 1.29 is 4.79 Å². The second-order valence-corrected chi connectivity index (χ2v) is 16.0. The van der Waals surface area contributed by atoms with E-state index in [0.717, 1.165) is 32.1 Å². The zero-order chi connectivity index (χ0) is 17.7. The summed E-state index contributed by atoms with van der Waals surface area (Å²) in [7, 11) is -1.01. The van der Waals surface area contributed by atoms with E-state index in [1.807, 2.05) is 6.92 Å². The summed E-state index contributed by atoms with van der Waals surface area (Å²) in [5.74, 6) is 0. The van der Waals surface area contributed by atoms with Crippen LogP contribution in [0.2, 0.25) is 0 Å². The first kappa shape index (κ1) is 22.1. The summed E-state index contributed by atoms with van der Waals surface area (Å²) in [5, 5.41) is 3.50. The molecule has 0 saturated carbocycles. The zero-order valence-electron chi connectivity index (χ0n) is 16.7. The van der Waals surface area contributed by atoms with Gasteiger partial charge in [0.1, 0.15) is 0 Å². The number of hydrogen-bond acceptors (Lipinski definition) is 2. The van der Waals surface area contributed by atoms with Crippen molar-refractivity contribution in [1.82, 2.24) is 5.32 Å². The molecular formula is C19H42NOP. The van der Waals surface area contributed by atoms with Crippen LogP contribution in [0, 0.1) is 10.8 Å². The van der Waals surface area contributed by atoms with E-state index in [1.165, 1.54) is 12.6 Å². The van der Waals surface area contributed by atoms with E-state index < -0.39 is 7.26 Å². The molecule has 0 aliphatic carbocycles. The Bertz CT molecular complexity index is 338.